The van der Waals surface area contributed by atoms with Gasteiger partial charge in [-0.25, -0.2) is 0 Å². The second-order valence-corrected chi connectivity index (χ2v) is 4.55. The van der Waals surface area contributed by atoms with Crippen molar-refractivity contribution in [3.05, 3.63) is 10.4 Å². The van der Waals surface area contributed by atoms with E-state index in [2.05, 4.69) is 32.3 Å². The Morgan fingerprint density at radius 1 is 1.31 bits per heavy atom. The minimum absolute atomic E-state index is 0.0895. The molecule has 5 nitrogen and oxygen atoms in total. The van der Waals surface area contributed by atoms with Crippen LogP contribution < -0.4 is 5.32 Å². The van der Waals surface area contributed by atoms with Gasteiger partial charge in [-0.1, -0.05) is 11.6 Å². The molecule has 0 radical (unpaired) electrons. The fraction of sp³-hybridized carbons (Fsp3) is 0.667. The molecule has 1 rings (SSSR count). The summed E-state index contributed by atoms with van der Waals surface area (Å²) in [5.74, 6) is 0.480. The van der Waals surface area contributed by atoms with Crippen LogP contribution in [0, 0.1) is 0 Å². The maximum absolute atomic E-state index is 5.84. The van der Waals surface area contributed by atoms with Crippen molar-refractivity contribution >= 4 is 29.0 Å². The highest BCUT2D eigenvalue weighted by Gasteiger charge is 2.09. The van der Waals surface area contributed by atoms with Crippen molar-refractivity contribution in [1.82, 2.24) is 20.1 Å². The number of nitrogens with one attached hydrogen (secondary N) is 1. The summed E-state index contributed by atoms with van der Waals surface area (Å²) >= 11 is 11.5. The molecule has 1 N–H and O–H groups in total. The van der Waals surface area contributed by atoms with Gasteiger partial charge in [0.25, 0.3) is 0 Å². The Balaban J connectivity index is 2.55. The molecule has 0 aliphatic heterocycles. The molecule has 7 heteroatoms. The molecule has 90 valence electrons. The van der Waals surface area contributed by atoms with Gasteiger partial charge in [-0.05, 0) is 45.6 Å². The van der Waals surface area contributed by atoms with Gasteiger partial charge in [-0.3, -0.25) is 0 Å². The van der Waals surface area contributed by atoms with Gasteiger partial charge in [-0.15, -0.1) is 10.2 Å². The van der Waals surface area contributed by atoms with Crippen LogP contribution in [0.25, 0.3) is 0 Å². The minimum atomic E-state index is 0.0895. The molecule has 0 bridgehead atoms. The number of halogens is 2. The van der Waals surface area contributed by atoms with Gasteiger partial charge in [-0.2, -0.15) is 4.98 Å². The van der Waals surface area contributed by atoms with Crippen LogP contribution in [0.4, 0.5) is 5.82 Å². The third kappa shape index (κ3) is 4.47. The van der Waals surface area contributed by atoms with E-state index in [1.54, 1.807) is 0 Å². The van der Waals surface area contributed by atoms with Gasteiger partial charge < -0.3 is 10.2 Å². The Labute approximate surface area is 105 Å². The molecule has 0 aliphatic carbocycles. The van der Waals surface area contributed by atoms with Gasteiger partial charge in [0.15, 0.2) is 11.0 Å². The molecule has 0 aliphatic rings. The van der Waals surface area contributed by atoms with E-state index in [1.807, 2.05) is 14.1 Å². The molecule has 0 fully saturated rings. The second-order valence-electron chi connectivity index (χ2n) is 3.86. The summed E-state index contributed by atoms with van der Waals surface area (Å²) in [5.41, 5.74) is 0. The van der Waals surface area contributed by atoms with E-state index in [0.29, 0.717) is 5.82 Å². The lowest BCUT2D eigenvalue weighted by atomic mass is 10.2. The molecule has 1 atom stereocenters. The fourth-order valence-electron chi connectivity index (χ4n) is 1.14. The lowest BCUT2D eigenvalue weighted by Crippen LogP contribution is -2.23. The highest BCUT2D eigenvalue weighted by molar-refractivity contribution is 6.32. The monoisotopic (exact) mass is 263 g/mol. The Hall–Kier alpha value is -0.650. The summed E-state index contributed by atoms with van der Waals surface area (Å²) in [4.78, 5) is 6.09. The number of anilines is 1. The predicted molar refractivity (Wildman–Crippen MR) is 66.1 cm³/mol. The smallest absolute Gasteiger partial charge is 0.245 e. The molecule has 0 aromatic carbocycles. The van der Waals surface area contributed by atoms with Gasteiger partial charge in [0.05, 0.1) is 0 Å². The molecule has 0 saturated carbocycles. The first kappa shape index (κ1) is 13.4. The molecule has 1 heterocycles. The van der Waals surface area contributed by atoms with Gasteiger partial charge in [0, 0.05) is 6.04 Å². The topological polar surface area (TPSA) is 53.9 Å². The zero-order valence-corrected chi connectivity index (χ0v) is 11.0. The normalized spacial score (nSPS) is 12.9. The van der Waals surface area contributed by atoms with Crippen molar-refractivity contribution in [3.8, 4) is 0 Å². The largest absolute Gasteiger partial charge is 0.365 e. The number of aromatic nitrogens is 3. The fourth-order valence-corrected chi connectivity index (χ4v) is 1.40. The maximum Gasteiger partial charge on any atom is 0.245 e. The van der Waals surface area contributed by atoms with Gasteiger partial charge in [0.2, 0.25) is 5.28 Å². The summed E-state index contributed by atoms with van der Waals surface area (Å²) in [5, 5.41) is 10.7. The number of rotatable bonds is 5. The van der Waals surface area contributed by atoms with Crippen LogP contribution in [0.2, 0.25) is 10.4 Å². The van der Waals surface area contributed by atoms with E-state index in [1.165, 1.54) is 0 Å². The Morgan fingerprint density at radius 2 is 2.00 bits per heavy atom. The predicted octanol–water partition coefficient (Wildman–Crippen LogP) is 1.93. The third-order valence-corrected chi connectivity index (χ3v) is 2.43. The van der Waals surface area contributed by atoms with E-state index < -0.39 is 0 Å². The highest BCUT2D eigenvalue weighted by atomic mass is 35.5. The van der Waals surface area contributed by atoms with Crippen LogP contribution in [-0.4, -0.2) is 46.8 Å². The molecular weight excluding hydrogens is 249 g/mol. The Morgan fingerprint density at radius 3 is 2.62 bits per heavy atom. The van der Waals surface area contributed by atoms with Crippen molar-refractivity contribution in [1.29, 1.82) is 0 Å². The first-order valence-corrected chi connectivity index (χ1v) is 5.71. The first-order valence-electron chi connectivity index (χ1n) is 4.96. The van der Waals surface area contributed by atoms with E-state index in [0.717, 1.165) is 13.0 Å². The van der Waals surface area contributed by atoms with Crippen molar-refractivity contribution in [2.45, 2.75) is 19.4 Å². The van der Waals surface area contributed by atoms with E-state index in [-0.39, 0.29) is 16.5 Å². The molecule has 0 amide bonds. The molecule has 1 unspecified atom stereocenters. The van der Waals surface area contributed by atoms with Crippen molar-refractivity contribution < 1.29 is 0 Å². The Bertz CT molecular complexity index is 345. The van der Waals surface area contributed by atoms with Crippen molar-refractivity contribution in [3.63, 3.8) is 0 Å². The lowest BCUT2D eigenvalue weighted by Gasteiger charge is -2.17. The van der Waals surface area contributed by atoms with E-state index in [9.17, 15) is 0 Å². The maximum atomic E-state index is 5.84. The zero-order chi connectivity index (χ0) is 12.1. The summed E-state index contributed by atoms with van der Waals surface area (Å²) in [6.45, 7) is 3.04. The highest BCUT2D eigenvalue weighted by Crippen LogP contribution is 2.17. The number of hydrogen-bond acceptors (Lipinski definition) is 5. The standard InChI is InChI=1S/C9H15Cl2N5/c1-6(4-5-16(2)3)12-8-7(10)14-15-9(11)13-8/h6H,4-5H2,1-3H3,(H,12,13,15). The molecule has 0 spiro atoms. The SMILES string of the molecule is CC(CCN(C)C)Nc1nc(Cl)nnc1Cl. The summed E-state index contributed by atoms with van der Waals surface area (Å²) < 4.78 is 0. The molecule has 16 heavy (non-hydrogen) atoms. The van der Waals surface area contributed by atoms with Crippen molar-refractivity contribution in [2.24, 2.45) is 0 Å². The van der Waals surface area contributed by atoms with Crippen molar-refractivity contribution in [2.75, 3.05) is 26.0 Å². The number of nitrogens with zero attached hydrogens (tertiary/aromatic N) is 4. The molecule has 0 saturated heterocycles. The zero-order valence-electron chi connectivity index (χ0n) is 9.54. The van der Waals surface area contributed by atoms with E-state index in [4.69, 9.17) is 23.2 Å². The van der Waals surface area contributed by atoms with Crippen LogP contribution in [0.1, 0.15) is 13.3 Å². The minimum Gasteiger partial charge on any atom is -0.365 e. The average Bonchev–Trinajstić information content (AvgIpc) is 2.20. The molecule has 1 aromatic heterocycles. The van der Waals surface area contributed by atoms with Gasteiger partial charge >= 0.3 is 0 Å². The summed E-state index contributed by atoms with van der Waals surface area (Å²) in [6, 6.07) is 0.243. The third-order valence-electron chi connectivity index (χ3n) is 2.01. The van der Waals surface area contributed by atoms with Crippen LogP contribution >= 0.6 is 23.2 Å². The molecular formula is C9H15Cl2N5. The van der Waals surface area contributed by atoms with E-state index >= 15 is 0 Å². The summed E-state index contributed by atoms with van der Waals surface area (Å²) in [7, 11) is 4.06. The average molecular weight is 264 g/mol. The van der Waals surface area contributed by atoms with Gasteiger partial charge in [0.1, 0.15) is 0 Å². The van der Waals surface area contributed by atoms with Crippen LogP contribution in [0.15, 0.2) is 0 Å². The second kappa shape index (κ2) is 6.18. The first-order chi connectivity index (χ1) is 7.49. The molecule has 1 aromatic rings. The summed E-state index contributed by atoms with van der Waals surface area (Å²) in [6.07, 6.45) is 0.977. The quantitative estimate of drug-likeness (QED) is 0.880. The van der Waals surface area contributed by atoms with Crippen LogP contribution in [-0.2, 0) is 0 Å². The lowest BCUT2D eigenvalue weighted by molar-refractivity contribution is 0.390. The van der Waals surface area contributed by atoms with Crippen LogP contribution in [0.5, 0.6) is 0 Å². The Kier molecular flexibility index (Phi) is 5.18. The van der Waals surface area contributed by atoms with Crippen LogP contribution in [0.3, 0.4) is 0 Å². The number of hydrogen-bond donors (Lipinski definition) is 1.